The van der Waals surface area contributed by atoms with Crippen molar-refractivity contribution in [3.8, 4) is 28.8 Å². The molecule has 0 radical (unpaired) electrons. The molecule has 0 saturated carbocycles. The number of hydrogen-bond donors (Lipinski definition) is 1. The second-order valence-electron chi connectivity index (χ2n) is 8.06. The van der Waals surface area contributed by atoms with Gasteiger partial charge in [0, 0.05) is 26.6 Å². The highest BCUT2D eigenvalue weighted by atomic mass is 32.2. The number of benzene rings is 1. The summed E-state index contributed by atoms with van der Waals surface area (Å²) in [6, 6.07) is 5.13. The first-order valence-electron chi connectivity index (χ1n) is 11.1. The van der Waals surface area contributed by atoms with Crippen LogP contribution in [0, 0.1) is 6.92 Å². The minimum absolute atomic E-state index is 0.128. The zero-order valence-corrected chi connectivity index (χ0v) is 22.0. The van der Waals surface area contributed by atoms with Crippen LogP contribution in [0.1, 0.15) is 24.4 Å². The summed E-state index contributed by atoms with van der Waals surface area (Å²) in [4.78, 5) is 12.7. The first-order chi connectivity index (χ1) is 17.7. The Morgan fingerprint density at radius 1 is 1.00 bits per heavy atom. The fraction of sp³-hybridized carbons (Fsp3) is 0.364. The second kappa shape index (κ2) is 10.5. The first kappa shape index (κ1) is 26.0. The number of ether oxygens (including phenoxy) is 3. The maximum Gasteiger partial charge on any atom is 0.243 e. The van der Waals surface area contributed by atoms with Crippen LogP contribution in [-0.4, -0.2) is 74.5 Å². The minimum Gasteiger partial charge on any atom is -0.494 e. The Balaban J connectivity index is 1.82. The number of methoxy groups -OCH3 is 3. The fourth-order valence-electron chi connectivity index (χ4n) is 3.64. The van der Waals surface area contributed by atoms with Gasteiger partial charge in [-0.25, -0.2) is 23.4 Å². The van der Waals surface area contributed by atoms with Crippen molar-refractivity contribution >= 4 is 16.0 Å². The van der Waals surface area contributed by atoms with Crippen LogP contribution in [0.3, 0.4) is 0 Å². The quantitative estimate of drug-likeness (QED) is 0.318. The van der Waals surface area contributed by atoms with Crippen molar-refractivity contribution in [1.82, 2.24) is 39.5 Å². The first-order valence-corrected chi connectivity index (χ1v) is 12.6. The molecule has 0 aliphatic rings. The number of nitrogens with zero attached hydrogens (tertiary/aromatic N) is 8. The number of hydrogen-bond acceptors (Lipinski definition) is 11. The Hall–Kier alpha value is -4.11. The van der Waals surface area contributed by atoms with Gasteiger partial charge in [-0.15, -0.1) is 15.3 Å². The number of anilines is 1. The molecule has 37 heavy (non-hydrogen) atoms. The molecule has 2 unspecified atom stereocenters. The zero-order valence-electron chi connectivity index (χ0n) is 21.1. The van der Waals surface area contributed by atoms with Crippen LogP contribution in [-0.2, 0) is 21.8 Å². The fourth-order valence-corrected chi connectivity index (χ4v) is 4.77. The lowest BCUT2D eigenvalue weighted by molar-refractivity contribution is 0.0949. The average molecular weight is 530 g/mol. The van der Waals surface area contributed by atoms with Crippen LogP contribution in [0.4, 0.5) is 5.95 Å². The number of aromatic nitrogens is 8. The van der Waals surface area contributed by atoms with E-state index in [0.717, 1.165) is 5.56 Å². The molecule has 0 aliphatic heterocycles. The van der Waals surface area contributed by atoms with Crippen molar-refractivity contribution in [3.05, 3.63) is 48.3 Å². The molecule has 0 saturated heterocycles. The van der Waals surface area contributed by atoms with E-state index in [-0.39, 0.29) is 23.4 Å². The molecule has 14 nitrogen and oxygen atoms in total. The molecule has 0 bridgehead atoms. The van der Waals surface area contributed by atoms with Crippen LogP contribution in [0.25, 0.3) is 17.3 Å². The van der Waals surface area contributed by atoms with E-state index in [2.05, 4.69) is 35.0 Å². The lowest BCUT2D eigenvalue weighted by Crippen LogP contribution is -2.33. The number of para-hydroxylation sites is 1. The summed E-state index contributed by atoms with van der Waals surface area (Å²) in [6.45, 7) is 3.33. The molecule has 196 valence electrons. The summed E-state index contributed by atoms with van der Waals surface area (Å²) < 4.78 is 49.1. The molecule has 0 aliphatic carbocycles. The average Bonchev–Trinajstić information content (AvgIpc) is 3.50. The van der Waals surface area contributed by atoms with Crippen molar-refractivity contribution < 1.29 is 22.6 Å². The van der Waals surface area contributed by atoms with Gasteiger partial charge in [0.1, 0.15) is 34.9 Å². The summed E-state index contributed by atoms with van der Waals surface area (Å²) in [5.41, 5.74) is 1.19. The van der Waals surface area contributed by atoms with Gasteiger partial charge < -0.3 is 14.2 Å². The molecule has 1 N–H and O–H groups in total. The molecule has 3 aromatic heterocycles. The predicted octanol–water partition coefficient (Wildman–Crippen LogP) is 1.70. The van der Waals surface area contributed by atoms with E-state index in [9.17, 15) is 8.42 Å². The van der Waals surface area contributed by atoms with Crippen LogP contribution >= 0.6 is 0 Å². The summed E-state index contributed by atoms with van der Waals surface area (Å²) in [5, 5.41) is 11.5. The molecule has 3 heterocycles. The summed E-state index contributed by atoms with van der Waals surface area (Å²) in [5.74, 6) is 1.25. The van der Waals surface area contributed by atoms with Crippen LogP contribution in [0.15, 0.2) is 36.9 Å². The molecule has 1 aromatic carbocycles. The summed E-state index contributed by atoms with van der Waals surface area (Å²) >= 11 is 0. The number of rotatable bonds is 10. The largest absolute Gasteiger partial charge is 0.494 e. The van der Waals surface area contributed by atoms with Gasteiger partial charge >= 0.3 is 0 Å². The van der Waals surface area contributed by atoms with Crippen molar-refractivity contribution in [2.75, 3.05) is 26.1 Å². The van der Waals surface area contributed by atoms with Gasteiger partial charge in [0.25, 0.3) is 0 Å². The third-order valence-electron chi connectivity index (χ3n) is 5.55. The van der Waals surface area contributed by atoms with Gasteiger partial charge in [-0.05, 0) is 31.5 Å². The molecule has 2 atom stereocenters. The Morgan fingerprint density at radius 2 is 1.65 bits per heavy atom. The molecule has 0 spiro atoms. The van der Waals surface area contributed by atoms with Crippen LogP contribution < -0.4 is 14.2 Å². The Labute approximate surface area is 213 Å². The Morgan fingerprint density at radius 3 is 2.19 bits per heavy atom. The highest BCUT2D eigenvalue weighted by molar-refractivity contribution is 7.93. The lowest BCUT2D eigenvalue weighted by Gasteiger charge is -2.22. The van der Waals surface area contributed by atoms with Gasteiger partial charge in [-0.3, -0.25) is 14.0 Å². The normalized spacial score (nSPS) is 13.2. The van der Waals surface area contributed by atoms with E-state index in [1.165, 1.54) is 43.8 Å². The number of sulfonamides is 1. The van der Waals surface area contributed by atoms with E-state index in [1.54, 1.807) is 37.6 Å². The van der Waals surface area contributed by atoms with Crippen molar-refractivity contribution in [2.24, 2.45) is 7.05 Å². The van der Waals surface area contributed by atoms with Gasteiger partial charge in [0.15, 0.2) is 5.82 Å². The highest BCUT2D eigenvalue weighted by Crippen LogP contribution is 2.37. The molecule has 4 aromatic rings. The topological polar surface area (TPSA) is 161 Å². The third-order valence-corrected chi connectivity index (χ3v) is 7.24. The SMILES string of the molecule is COc1cccc(OC)c1-n1c(NS(=O)(=O)C(C)C(OC)c2ncc(C)cn2)nnc1-c1ncn(C)n1. The van der Waals surface area contributed by atoms with Crippen molar-refractivity contribution in [1.29, 1.82) is 0 Å². The molecule has 0 amide bonds. The maximum atomic E-state index is 13.6. The molecular weight excluding hydrogens is 502 g/mol. The van der Waals surface area contributed by atoms with E-state index < -0.39 is 21.4 Å². The standard InChI is InChI=1S/C22H27N9O5S/c1-13-10-23-19(24-11-13)18(36-6)14(2)37(32,33)29-22-27-26-21(20-25-12-30(3)28-20)31(22)17-15(34-4)8-7-9-16(17)35-5/h7-12,14,18H,1-6H3,(H,27,29). The van der Waals surface area contributed by atoms with Gasteiger partial charge in [0.2, 0.25) is 27.6 Å². The van der Waals surface area contributed by atoms with E-state index in [1.807, 2.05) is 6.92 Å². The predicted molar refractivity (Wildman–Crippen MR) is 133 cm³/mol. The zero-order chi connectivity index (χ0) is 26.7. The van der Waals surface area contributed by atoms with E-state index >= 15 is 0 Å². The van der Waals surface area contributed by atoms with Crippen molar-refractivity contribution in [2.45, 2.75) is 25.2 Å². The maximum absolute atomic E-state index is 13.6. The third kappa shape index (κ3) is 5.08. The minimum atomic E-state index is -4.12. The highest BCUT2D eigenvalue weighted by Gasteiger charge is 2.35. The molecule has 15 heteroatoms. The molecule has 0 fully saturated rings. The monoisotopic (exact) mass is 529 g/mol. The molecular formula is C22H27N9O5S. The van der Waals surface area contributed by atoms with Crippen LogP contribution in [0.5, 0.6) is 11.5 Å². The summed E-state index contributed by atoms with van der Waals surface area (Å²) in [7, 11) is 1.94. The Kier molecular flexibility index (Phi) is 7.35. The summed E-state index contributed by atoms with van der Waals surface area (Å²) in [6.07, 6.45) is 3.73. The van der Waals surface area contributed by atoms with Gasteiger partial charge in [0.05, 0.1) is 14.2 Å². The number of nitrogens with one attached hydrogen (secondary N) is 1. The van der Waals surface area contributed by atoms with E-state index in [4.69, 9.17) is 14.2 Å². The van der Waals surface area contributed by atoms with Gasteiger partial charge in [-0.2, -0.15) is 0 Å². The lowest BCUT2D eigenvalue weighted by atomic mass is 10.2. The van der Waals surface area contributed by atoms with Gasteiger partial charge in [-0.1, -0.05) is 6.07 Å². The number of aryl methyl sites for hydroxylation is 2. The second-order valence-corrected chi connectivity index (χ2v) is 10.1. The smallest absolute Gasteiger partial charge is 0.243 e. The van der Waals surface area contributed by atoms with Crippen LogP contribution in [0.2, 0.25) is 0 Å². The van der Waals surface area contributed by atoms with E-state index in [0.29, 0.717) is 17.2 Å². The van der Waals surface area contributed by atoms with Crippen molar-refractivity contribution in [3.63, 3.8) is 0 Å². The molecule has 4 rings (SSSR count). The Bertz CT molecular complexity index is 1460.